The molecule has 0 atom stereocenters. The van der Waals surface area contributed by atoms with Gasteiger partial charge in [0.1, 0.15) is 0 Å². The molecule has 4 rings (SSSR count). The summed E-state index contributed by atoms with van der Waals surface area (Å²) in [5.74, 6) is 0. The Bertz CT molecular complexity index is 244. The molecule has 0 aromatic heterocycles. The van der Waals surface area contributed by atoms with E-state index in [4.69, 9.17) is 0 Å². The smallest absolute Gasteiger partial charge is 0.278 e. The van der Waals surface area contributed by atoms with Crippen LogP contribution in [0.3, 0.4) is 0 Å². The van der Waals surface area contributed by atoms with Crippen LogP contribution >= 0.6 is 0 Å². The second-order valence-corrected chi connectivity index (χ2v) is 3.88. The molecule has 4 saturated heterocycles. The van der Waals surface area contributed by atoms with Crippen LogP contribution in [0.1, 0.15) is 0 Å². The molecule has 14 heavy (non-hydrogen) atoms. The number of hydrogen-bond acceptors (Lipinski definition) is 7. The van der Waals surface area contributed by atoms with Gasteiger partial charge in [-0.05, 0) is 0 Å². The lowest BCUT2D eigenvalue weighted by Gasteiger charge is -2.58. The molecule has 0 aliphatic carbocycles. The topological polar surface area (TPSA) is 65.3 Å². The minimum Gasteiger partial charge on any atom is -0.278 e. The van der Waals surface area contributed by atoms with E-state index in [1.54, 1.807) is 0 Å². The fourth-order valence-electron chi connectivity index (χ4n) is 2.39. The van der Waals surface area contributed by atoms with E-state index in [-0.39, 0.29) is 0 Å². The van der Waals surface area contributed by atoms with Crippen LogP contribution in [0.4, 0.5) is 0 Å². The molecule has 0 amide bonds. The summed E-state index contributed by atoms with van der Waals surface area (Å²) < 4.78 is 0. The maximum absolute atomic E-state index is 10.3. The fourth-order valence-corrected chi connectivity index (χ4v) is 2.39. The van der Waals surface area contributed by atoms with E-state index < -0.39 is 11.4 Å². The minimum atomic E-state index is -0.711. The lowest BCUT2D eigenvalue weighted by molar-refractivity contribution is -0.785. The first-order chi connectivity index (χ1) is 6.72. The normalized spacial score (nSPS) is 49.3. The quantitative estimate of drug-likeness (QED) is 0.398. The van der Waals surface area contributed by atoms with Gasteiger partial charge in [-0.2, -0.15) is 0 Å². The Labute approximate surface area is 80.3 Å². The molecular weight excluding hydrogens is 190 g/mol. The highest BCUT2D eigenvalue weighted by molar-refractivity contribution is 4.83. The Morgan fingerprint density at radius 3 is 2.00 bits per heavy atom. The van der Waals surface area contributed by atoms with Gasteiger partial charge in [0.2, 0.25) is 6.35 Å². The molecule has 4 bridgehead atoms. The van der Waals surface area contributed by atoms with E-state index in [1.165, 1.54) is 0 Å². The van der Waals surface area contributed by atoms with Crippen LogP contribution in [0.15, 0.2) is 0 Å². The van der Waals surface area contributed by atoms with Gasteiger partial charge in [0.25, 0.3) is 5.09 Å². The summed E-state index contributed by atoms with van der Waals surface area (Å²) in [6.45, 7) is 3.98. The van der Waals surface area contributed by atoms with Gasteiger partial charge in [0.15, 0.2) is 0 Å². The van der Waals surface area contributed by atoms with Crippen LogP contribution in [0, 0.1) is 10.1 Å². The predicted molar refractivity (Wildman–Crippen MR) is 43.6 cm³/mol. The van der Waals surface area contributed by atoms with Crippen LogP contribution in [0.25, 0.3) is 0 Å². The molecule has 4 aliphatic rings. The van der Waals surface area contributed by atoms with E-state index in [0.717, 1.165) is 33.3 Å². The Hall–Kier alpha value is -0.960. The summed E-state index contributed by atoms with van der Waals surface area (Å²) in [5, 5.41) is 9.58. The number of nitrogens with zero attached hydrogens (tertiary/aromatic N) is 5. The summed E-state index contributed by atoms with van der Waals surface area (Å²) in [4.78, 5) is 23.3. The third kappa shape index (κ3) is 1.16. The van der Waals surface area contributed by atoms with E-state index in [2.05, 4.69) is 14.6 Å². The zero-order chi connectivity index (χ0) is 9.71. The molecule has 78 valence electrons. The van der Waals surface area contributed by atoms with E-state index in [1.807, 2.05) is 9.80 Å². The average molecular weight is 201 g/mol. The van der Waals surface area contributed by atoms with Crippen molar-refractivity contribution in [2.45, 2.75) is 6.35 Å². The highest BCUT2D eigenvalue weighted by atomic mass is 17.0. The first-order valence-electron chi connectivity index (χ1n) is 4.46. The van der Waals surface area contributed by atoms with Gasteiger partial charge in [-0.25, -0.2) is 9.80 Å². The second-order valence-electron chi connectivity index (χ2n) is 3.88. The molecule has 4 aliphatic heterocycles. The minimum absolute atomic E-state index is 0.488. The zero-order valence-electron chi connectivity index (χ0n) is 7.57. The van der Waals surface area contributed by atoms with Crippen LogP contribution in [-0.4, -0.2) is 64.4 Å². The molecule has 0 spiro atoms. The van der Waals surface area contributed by atoms with Crippen LogP contribution in [0.2, 0.25) is 0 Å². The molecule has 8 heteroatoms. The molecule has 0 N–H and O–H groups in total. The monoisotopic (exact) mass is 201 g/mol. The maximum atomic E-state index is 10.3. The van der Waals surface area contributed by atoms with E-state index in [9.17, 15) is 10.1 Å². The van der Waals surface area contributed by atoms with Gasteiger partial charge in [-0.1, -0.05) is 0 Å². The summed E-state index contributed by atoms with van der Waals surface area (Å²) in [6, 6.07) is 0. The average Bonchev–Trinajstić information content (AvgIpc) is 2.09. The van der Waals surface area contributed by atoms with Gasteiger partial charge >= 0.3 is 0 Å². The van der Waals surface area contributed by atoms with Crippen molar-refractivity contribution in [3.63, 3.8) is 0 Å². The predicted octanol–water partition coefficient (Wildman–Crippen LogP) is -1.49. The standard InChI is InChI=1S/C6H11N5O3/c12-11(13)14-6-9-2-7-1-8(4-9)5-10(6)3-7/h6H,1-5H2. The van der Waals surface area contributed by atoms with E-state index in [0.29, 0.717) is 0 Å². The van der Waals surface area contributed by atoms with Crippen molar-refractivity contribution in [3.8, 4) is 0 Å². The van der Waals surface area contributed by atoms with Crippen LogP contribution < -0.4 is 0 Å². The van der Waals surface area contributed by atoms with Gasteiger partial charge < -0.3 is 0 Å². The Morgan fingerprint density at radius 2 is 1.57 bits per heavy atom. The lowest BCUT2D eigenvalue weighted by Crippen LogP contribution is -2.76. The zero-order valence-corrected chi connectivity index (χ0v) is 7.57. The molecule has 0 aromatic carbocycles. The first kappa shape index (κ1) is 8.36. The Kier molecular flexibility index (Phi) is 1.65. The lowest BCUT2D eigenvalue weighted by atomic mass is 10.3. The van der Waals surface area contributed by atoms with Crippen molar-refractivity contribution in [1.82, 2.24) is 19.6 Å². The molecule has 4 heterocycles. The molecule has 8 nitrogen and oxygen atoms in total. The third-order valence-corrected chi connectivity index (χ3v) is 2.73. The Balaban J connectivity index is 1.77. The molecule has 0 radical (unpaired) electrons. The maximum Gasteiger partial charge on any atom is 0.297 e. The summed E-state index contributed by atoms with van der Waals surface area (Å²) >= 11 is 0. The highest BCUT2D eigenvalue weighted by Gasteiger charge is 2.45. The largest absolute Gasteiger partial charge is 0.297 e. The van der Waals surface area contributed by atoms with Gasteiger partial charge in [0, 0.05) is 0 Å². The molecule has 0 unspecified atom stereocenters. The first-order valence-corrected chi connectivity index (χ1v) is 4.46. The number of hydrogen-bond donors (Lipinski definition) is 0. The Morgan fingerprint density at radius 1 is 1.07 bits per heavy atom. The van der Waals surface area contributed by atoms with Gasteiger partial charge in [-0.15, -0.1) is 10.1 Å². The summed E-state index contributed by atoms with van der Waals surface area (Å²) in [5.41, 5.74) is 0. The molecular formula is C6H11N5O3. The van der Waals surface area contributed by atoms with Crippen molar-refractivity contribution < 1.29 is 9.92 Å². The molecule has 4 fully saturated rings. The van der Waals surface area contributed by atoms with Crippen molar-refractivity contribution in [3.05, 3.63) is 10.1 Å². The van der Waals surface area contributed by atoms with Crippen molar-refractivity contribution >= 4 is 0 Å². The van der Waals surface area contributed by atoms with Gasteiger partial charge in [0.05, 0.1) is 33.3 Å². The third-order valence-electron chi connectivity index (χ3n) is 2.73. The summed E-state index contributed by atoms with van der Waals surface area (Å²) in [6.07, 6.45) is -0.488. The summed E-state index contributed by atoms with van der Waals surface area (Å²) in [7, 11) is 0. The highest BCUT2D eigenvalue weighted by Crippen LogP contribution is 2.26. The molecule has 0 aromatic rings. The van der Waals surface area contributed by atoms with Crippen molar-refractivity contribution in [1.29, 1.82) is 0 Å². The van der Waals surface area contributed by atoms with Crippen LogP contribution in [0.5, 0.6) is 0 Å². The van der Waals surface area contributed by atoms with Crippen molar-refractivity contribution in [2.75, 3.05) is 33.3 Å². The molecule has 0 saturated carbocycles. The second kappa shape index (κ2) is 2.76. The SMILES string of the molecule is O=[N+]([O-])OC1N2CN3CN(C2)CN1C3. The van der Waals surface area contributed by atoms with Crippen LogP contribution in [-0.2, 0) is 4.84 Å². The van der Waals surface area contributed by atoms with E-state index >= 15 is 0 Å². The van der Waals surface area contributed by atoms with Gasteiger partial charge in [-0.3, -0.25) is 14.6 Å². The van der Waals surface area contributed by atoms with Crippen molar-refractivity contribution in [2.24, 2.45) is 0 Å². The number of rotatable bonds is 2. The fraction of sp³-hybridized carbons (Fsp3) is 1.00.